The van der Waals surface area contributed by atoms with E-state index in [2.05, 4.69) is 231 Å². The van der Waals surface area contributed by atoms with Gasteiger partial charge in [0.15, 0.2) is 0 Å². The molecule has 0 radical (unpaired) electrons. The van der Waals surface area contributed by atoms with Gasteiger partial charge in [0.1, 0.15) is 0 Å². The van der Waals surface area contributed by atoms with Gasteiger partial charge in [0.25, 0.3) is 0 Å². The van der Waals surface area contributed by atoms with E-state index < -0.39 is 0 Å². The van der Waals surface area contributed by atoms with Crippen LogP contribution in [0.25, 0.3) is 142 Å². The molecule has 0 heterocycles. The maximum absolute atomic E-state index is 2.56. The monoisotopic (exact) mass is 806 g/mol. The summed E-state index contributed by atoms with van der Waals surface area (Å²) in [6.07, 6.45) is 0. The predicted octanol–water partition coefficient (Wildman–Crippen LogP) is 18.1. The molecule has 0 nitrogen and oxygen atoms in total. The molecule has 0 bridgehead atoms. The minimum absolute atomic E-state index is 1.22. The van der Waals surface area contributed by atoms with E-state index in [1.807, 2.05) is 0 Å². The van der Waals surface area contributed by atoms with Gasteiger partial charge in [-0.2, -0.15) is 0 Å². The van der Waals surface area contributed by atoms with Crippen LogP contribution in [0.5, 0.6) is 0 Å². The first-order valence-electron chi connectivity index (χ1n) is 22.3. The van der Waals surface area contributed by atoms with Crippen molar-refractivity contribution in [3.63, 3.8) is 0 Å². The van der Waals surface area contributed by atoms with E-state index in [-0.39, 0.29) is 0 Å². The standard InChI is InChI=1S/C64H38/c1-6-18-39(19-7-1)44-32-33-45-35-56-61-46(50(45)34-44)28-16-31-49(61)63-58(42-24-12-4-13-25-42)57-38-55-54-37-52(41-22-10-3-11-23-41)51(40-20-8-2-9-21-40)36-53(54)47-29-17-30-48(60(47)55)62(57)59(64(56)63)43-26-14-5-15-27-43/h1-38H. The fraction of sp³-hybridized carbons (Fsp3) is 0. The van der Waals surface area contributed by atoms with Crippen molar-refractivity contribution in [2.75, 3.05) is 0 Å². The third kappa shape index (κ3) is 5.00. The van der Waals surface area contributed by atoms with Gasteiger partial charge in [-0.05, 0) is 172 Å². The molecule has 0 saturated carbocycles. The molecule has 64 heavy (non-hydrogen) atoms. The molecular formula is C64H38. The molecule has 0 heteroatoms. The third-order valence-electron chi connectivity index (χ3n) is 14.1. The van der Waals surface area contributed by atoms with Crippen LogP contribution in [0.15, 0.2) is 231 Å². The smallest absolute Gasteiger partial charge is 0.000697 e. The van der Waals surface area contributed by atoms with Gasteiger partial charge >= 0.3 is 0 Å². The van der Waals surface area contributed by atoms with Crippen LogP contribution < -0.4 is 0 Å². The summed E-state index contributed by atoms with van der Waals surface area (Å²) in [5.41, 5.74) is 12.5. The molecule has 0 unspecified atom stereocenters. The van der Waals surface area contributed by atoms with Crippen LogP contribution in [0.3, 0.4) is 0 Å². The maximum atomic E-state index is 2.56. The molecule has 14 rings (SSSR count). The molecule has 0 aliphatic rings. The fourth-order valence-electron chi connectivity index (χ4n) is 11.4. The van der Waals surface area contributed by atoms with Gasteiger partial charge in [-0.25, -0.2) is 0 Å². The van der Waals surface area contributed by atoms with E-state index >= 15 is 0 Å². The number of fused-ring (bicyclic) bond motifs is 10. The largest absolute Gasteiger partial charge is 0.0622 e. The van der Waals surface area contributed by atoms with E-state index in [0.29, 0.717) is 0 Å². The zero-order valence-corrected chi connectivity index (χ0v) is 34.9. The summed E-state index contributed by atoms with van der Waals surface area (Å²) in [5.74, 6) is 0. The highest BCUT2D eigenvalue weighted by molar-refractivity contribution is 6.46. The second kappa shape index (κ2) is 13.6. The Kier molecular flexibility index (Phi) is 7.49. The predicted molar refractivity (Wildman–Crippen MR) is 276 cm³/mol. The summed E-state index contributed by atoms with van der Waals surface area (Å²) >= 11 is 0. The molecule has 0 saturated heterocycles. The molecule has 14 aromatic carbocycles. The van der Waals surface area contributed by atoms with Crippen molar-refractivity contribution in [1.29, 1.82) is 0 Å². The zero-order valence-electron chi connectivity index (χ0n) is 34.9. The zero-order chi connectivity index (χ0) is 41.9. The summed E-state index contributed by atoms with van der Waals surface area (Å²) in [6.45, 7) is 0. The van der Waals surface area contributed by atoms with Gasteiger partial charge in [0, 0.05) is 0 Å². The second-order valence-corrected chi connectivity index (χ2v) is 17.4. The van der Waals surface area contributed by atoms with Crippen LogP contribution >= 0.6 is 0 Å². The number of rotatable bonds is 5. The summed E-state index contributed by atoms with van der Waals surface area (Å²) in [6, 6.07) is 86.0. The lowest BCUT2D eigenvalue weighted by Gasteiger charge is -2.19. The Labute approximate surface area is 370 Å². The highest BCUT2D eigenvalue weighted by atomic mass is 14.3. The second-order valence-electron chi connectivity index (χ2n) is 17.4. The van der Waals surface area contributed by atoms with E-state index in [9.17, 15) is 0 Å². The van der Waals surface area contributed by atoms with Gasteiger partial charge < -0.3 is 0 Å². The van der Waals surface area contributed by atoms with Gasteiger partial charge in [-0.3, -0.25) is 0 Å². The van der Waals surface area contributed by atoms with Gasteiger partial charge in [0.05, 0.1) is 0 Å². The molecule has 0 atom stereocenters. The van der Waals surface area contributed by atoms with Crippen LogP contribution in [-0.2, 0) is 0 Å². The quantitative estimate of drug-likeness (QED) is 0.152. The fourth-order valence-corrected chi connectivity index (χ4v) is 11.4. The summed E-state index contributed by atoms with van der Waals surface area (Å²) in [5, 5.41) is 20.8. The minimum atomic E-state index is 1.22. The van der Waals surface area contributed by atoms with Crippen molar-refractivity contribution in [2.24, 2.45) is 0 Å². The van der Waals surface area contributed by atoms with Crippen LogP contribution in [-0.4, -0.2) is 0 Å². The van der Waals surface area contributed by atoms with Crippen LogP contribution in [0.4, 0.5) is 0 Å². The molecular weight excluding hydrogens is 769 g/mol. The van der Waals surface area contributed by atoms with Crippen LogP contribution in [0.1, 0.15) is 0 Å². The molecule has 0 aliphatic carbocycles. The Morgan fingerprint density at radius 3 is 1.22 bits per heavy atom. The lowest BCUT2D eigenvalue weighted by Crippen LogP contribution is -1.91. The van der Waals surface area contributed by atoms with Crippen LogP contribution in [0.2, 0.25) is 0 Å². The summed E-state index contributed by atoms with van der Waals surface area (Å²) < 4.78 is 0. The summed E-state index contributed by atoms with van der Waals surface area (Å²) in [7, 11) is 0. The third-order valence-corrected chi connectivity index (χ3v) is 14.1. The van der Waals surface area contributed by atoms with E-state index in [4.69, 9.17) is 0 Å². The first-order chi connectivity index (χ1) is 31.8. The maximum Gasteiger partial charge on any atom is -0.000697 e. The molecule has 0 fully saturated rings. The lowest BCUT2D eigenvalue weighted by molar-refractivity contribution is 1.61. The highest BCUT2D eigenvalue weighted by Gasteiger charge is 2.27. The average molecular weight is 807 g/mol. The molecule has 0 N–H and O–H groups in total. The molecule has 0 spiro atoms. The van der Waals surface area contributed by atoms with Crippen molar-refractivity contribution in [3.05, 3.63) is 231 Å². The van der Waals surface area contributed by atoms with E-state index in [1.165, 1.54) is 142 Å². The Morgan fingerprint density at radius 1 is 0.172 bits per heavy atom. The molecule has 14 aromatic rings. The number of hydrogen-bond acceptors (Lipinski definition) is 0. The highest BCUT2D eigenvalue weighted by Crippen LogP contribution is 2.56. The lowest BCUT2D eigenvalue weighted by atomic mass is 9.83. The average Bonchev–Trinajstić information content (AvgIpc) is 3.86. The normalized spacial score (nSPS) is 12.1. The molecule has 0 amide bonds. The Bertz CT molecular complexity index is 4120. The molecule has 0 aromatic heterocycles. The Balaban J connectivity index is 1.21. The topological polar surface area (TPSA) is 0 Å². The number of hydrogen-bond donors (Lipinski definition) is 0. The Hall–Kier alpha value is -8.32. The summed E-state index contributed by atoms with van der Waals surface area (Å²) in [4.78, 5) is 0. The van der Waals surface area contributed by atoms with Crippen molar-refractivity contribution >= 4 is 86.2 Å². The number of benzene rings is 12. The van der Waals surface area contributed by atoms with Crippen LogP contribution in [0, 0.1) is 0 Å². The van der Waals surface area contributed by atoms with Gasteiger partial charge in [0.2, 0.25) is 0 Å². The van der Waals surface area contributed by atoms with Crippen molar-refractivity contribution < 1.29 is 0 Å². The Morgan fingerprint density at radius 2 is 0.625 bits per heavy atom. The molecule has 0 aliphatic heterocycles. The van der Waals surface area contributed by atoms with E-state index in [1.54, 1.807) is 0 Å². The van der Waals surface area contributed by atoms with Gasteiger partial charge in [-0.15, -0.1) is 0 Å². The first kappa shape index (κ1) is 35.3. The SMILES string of the molecule is c1ccc(-c2ccc3cc4c5c(-c6ccccc6)c6c(cc7c8cc(-c9ccccc9)c(-c9ccccc9)cc8c8cccc6c87)c(-c6ccccc6)c5c5cccc(c3c2)c54)cc1. The van der Waals surface area contributed by atoms with Gasteiger partial charge in [-0.1, -0.05) is 200 Å². The minimum Gasteiger partial charge on any atom is -0.0622 e. The van der Waals surface area contributed by atoms with E-state index in [0.717, 1.165) is 0 Å². The van der Waals surface area contributed by atoms with Crippen molar-refractivity contribution in [2.45, 2.75) is 0 Å². The first-order valence-corrected chi connectivity index (χ1v) is 22.3. The van der Waals surface area contributed by atoms with Crippen molar-refractivity contribution in [1.82, 2.24) is 0 Å². The van der Waals surface area contributed by atoms with Crippen molar-refractivity contribution in [3.8, 4) is 55.6 Å². The molecule has 294 valence electrons.